The van der Waals surface area contributed by atoms with Crippen molar-refractivity contribution in [3.05, 3.63) is 45.4 Å². The van der Waals surface area contributed by atoms with Crippen molar-refractivity contribution in [2.45, 2.75) is 13.3 Å². The van der Waals surface area contributed by atoms with E-state index >= 15 is 0 Å². The van der Waals surface area contributed by atoms with Crippen LogP contribution in [0.1, 0.15) is 42.3 Å². The van der Waals surface area contributed by atoms with Crippen LogP contribution in [0.15, 0.2) is 24.4 Å². The number of hydrogen-bond acceptors (Lipinski definition) is 5. The first-order valence-electron chi connectivity index (χ1n) is 6.73. The highest BCUT2D eigenvalue weighted by Crippen LogP contribution is 2.25. The van der Waals surface area contributed by atoms with E-state index in [0.717, 1.165) is 16.3 Å². The molecule has 3 amide bonds. The molecule has 112 valence electrons. The van der Waals surface area contributed by atoms with Crippen LogP contribution in [0.2, 0.25) is 0 Å². The van der Waals surface area contributed by atoms with E-state index in [4.69, 9.17) is 0 Å². The van der Waals surface area contributed by atoms with E-state index in [1.165, 1.54) is 30.6 Å². The molecule has 0 bridgehead atoms. The molecule has 0 saturated carbocycles. The van der Waals surface area contributed by atoms with Crippen LogP contribution in [0.25, 0.3) is 0 Å². The summed E-state index contributed by atoms with van der Waals surface area (Å²) in [6.07, 6.45) is 2.31. The molecular formula is C15H13N3O3S. The Morgan fingerprint density at radius 2 is 2.00 bits per heavy atom. The molecule has 1 aliphatic heterocycles. The number of aromatic nitrogens is 1. The molecule has 22 heavy (non-hydrogen) atoms. The number of imide groups is 1. The first-order valence-corrected chi connectivity index (χ1v) is 7.55. The van der Waals surface area contributed by atoms with Crippen molar-refractivity contribution in [2.24, 2.45) is 0 Å². The van der Waals surface area contributed by atoms with E-state index in [9.17, 15) is 14.4 Å². The minimum atomic E-state index is -0.359. The Morgan fingerprint density at radius 1 is 1.27 bits per heavy atom. The van der Waals surface area contributed by atoms with E-state index in [1.807, 2.05) is 6.92 Å². The minimum absolute atomic E-state index is 0.276. The average molecular weight is 315 g/mol. The number of thiazole rings is 1. The van der Waals surface area contributed by atoms with Gasteiger partial charge in [0.1, 0.15) is 4.88 Å². The van der Waals surface area contributed by atoms with Crippen molar-refractivity contribution in [1.29, 1.82) is 0 Å². The van der Waals surface area contributed by atoms with Gasteiger partial charge in [-0.15, -0.1) is 11.3 Å². The predicted molar refractivity (Wildman–Crippen MR) is 82.3 cm³/mol. The molecule has 0 aliphatic carbocycles. The van der Waals surface area contributed by atoms with Crippen molar-refractivity contribution in [1.82, 2.24) is 9.88 Å². The molecule has 7 heteroatoms. The van der Waals surface area contributed by atoms with Crippen LogP contribution < -0.4 is 5.32 Å². The van der Waals surface area contributed by atoms with E-state index < -0.39 is 0 Å². The van der Waals surface area contributed by atoms with Crippen LogP contribution in [0, 0.1) is 0 Å². The number of benzene rings is 1. The molecule has 1 aromatic heterocycles. The highest BCUT2D eigenvalue weighted by molar-refractivity contribution is 7.13. The smallest absolute Gasteiger partial charge is 0.267 e. The molecule has 1 aromatic carbocycles. The van der Waals surface area contributed by atoms with Crippen LogP contribution in [-0.2, 0) is 6.42 Å². The number of nitrogens with one attached hydrogen (secondary N) is 1. The lowest BCUT2D eigenvalue weighted by Crippen LogP contribution is -2.24. The molecule has 0 fully saturated rings. The second-order valence-electron chi connectivity index (χ2n) is 4.86. The maximum absolute atomic E-state index is 12.2. The standard InChI is InChI=1S/C15H13N3O3S/c1-3-12-16-7-11(22-12)13(19)17-8-4-5-9-10(6-8)15(21)18(2)14(9)20/h4-7H,3H2,1-2H3,(H,17,19). The fraction of sp³-hybridized carbons (Fsp3) is 0.200. The largest absolute Gasteiger partial charge is 0.321 e. The summed E-state index contributed by atoms with van der Waals surface area (Å²) in [5, 5.41) is 3.62. The summed E-state index contributed by atoms with van der Waals surface area (Å²) in [6.45, 7) is 1.97. The minimum Gasteiger partial charge on any atom is -0.321 e. The number of fused-ring (bicyclic) bond motifs is 1. The van der Waals surface area contributed by atoms with E-state index in [2.05, 4.69) is 10.3 Å². The van der Waals surface area contributed by atoms with Crippen LogP contribution in [0.3, 0.4) is 0 Å². The first-order chi connectivity index (χ1) is 10.5. The second-order valence-corrected chi connectivity index (χ2v) is 5.97. The Balaban J connectivity index is 1.84. The molecule has 0 saturated heterocycles. The van der Waals surface area contributed by atoms with Gasteiger partial charge in [-0.1, -0.05) is 6.92 Å². The van der Waals surface area contributed by atoms with E-state index in [-0.39, 0.29) is 17.7 Å². The lowest BCUT2D eigenvalue weighted by Gasteiger charge is -2.04. The van der Waals surface area contributed by atoms with E-state index in [0.29, 0.717) is 21.7 Å². The number of rotatable bonds is 3. The van der Waals surface area contributed by atoms with Crippen LogP contribution in [0.5, 0.6) is 0 Å². The monoisotopic (exact) mass is 315 g/mol. The summed E-state index contributed by atoms with van der Waals surface area (Å²) in [7, 11) is 1.44. The highest BCUT2D eigenvalue weighted by Gasteiger charge is 2.32. The van der Waals surface area contributed by atoms with Crippen molar-refractivity contribution < 1.29 is 14.4 Å². The van der Waals surface area contributed by atoms with Gasteiger partial charge in [0.2, 0.25) is 0 Å². The molecule has 2 aromatic rings. The molecule has 1 N–H and O–H groups in total. The number of carbonyl (C=O) groups is 3. The van der Waals surface area contributed by atoms with Crippen LogP contribution >= 0.6 is 11.3 Å². The van der Waals surface area contributed by atoms with Crippen molar-refractivity contribution in [3.63, 3.8) is 0 Å². The predicted octanol–water partition coefficient (Wildman–Crippen LogP) is 2.18. The zero-order chi connectivity index (χ0) is 15.9. The first kappa shape index (κ1) is 14.4. The molecule has 0 radical (unpaired) electrons. The van der Waals surface area contributed by atoms with Gasteiger partial charge in [-0.25, -0.2) is 4.98 Å². The SMILES string of the molecule is CCc1ncc(C(=O)Nc2ccc3c(c2)C(=O)N(C)C3=O)s1. The van der Waals surface area contributed by atoms with Gasteiger partial charge in [-0.05, 0) is 24.6 Å². The maximum Gasteiger partial charge on any atom is 0.267 e. The third-order valence-corrected chi connectivity index (χ3v) is 4.57. The third kappa shape index (κ3) is 2.29. The average Bonchev–Trinajstić information content (AvgIpc) is 3.08. The Morgan fingerprint density at radius 3 is 2.68 bits per heavy atom. The van der Waals surface area contributed by atoms with E-state index in [1.54, 1.807) is 12.1 Å². The van der Waals surface area contributed by atoms with Gasteiger partial charge in [0.25, 0.3) is 17.7 Å². The normalized spacial score (nSPS) is 13.5. The molecule has 6 nitrogen and oxygen atoms in total. The van der Waals surface area contributed by atoms with Gasteiger partial charge in [0.05, 0.1) is 22.3 Å². The number of nitrogens with zero attached hydrogens (tertiary/aromatic N) is 2. The maximum atomic E-state index is 12.2. The Hall–Kier alpha value is -2.54. The molecule has 1 aliphatic rings. The second kappa shape index (κ2) is 5.34. The zero-order valence-electron chi connectivity index (χ0n) is 12.0. The van der Waals surface area contributed by atoms with Gasteiger partial charge in [0, 0.05) is 12.7 Å². The Kier molecular flexibility index (Phi) is 3.50. The van der Waals surface area contributed by atoms with Gasteiger partial charge in [0.15, 0.2) is 0 Å². The molecule has 0 unspecified atom stereocenters. The van der Waals surface area contributed by atoms with Crippen molar-refractivity contribution in [3.8, 4) is 0 Å². The third-order valence-electron chi connectivity index (χ3n) is 3.43. The van der Waals surface area contributed by atoms with Crippen LogP contribution in [0.4, 0.5) is 5.69 Å². The summed E-state index contributed by atoms with van der Waals surface area (Å²) in [5.74, 6) is -0.961. The number of amides is 3. The summed E-state index contributed by atoms with van der Waals surface area (Å²) >= 11 is 1.33. The van der Waals surface area contributed by atoms with Gasteiger partial charge in [-0.2, -0.15) is 0 Å². The highest BCUT2D eigenvalue weighted by atomic mass is 32.1. The Labute approximate surface area is 130 Å². The van der Waals surface area contributed by atoms with Gasteiger partial charge in [-0.3, -0.25) is 19.3 Å². The molecule has 0 spiro atoms. The van der Waals surface area contributed by atoms with Gasteiger partial charge < -0.3 is 5.32 Å². The summed E-state index contributed by atoms with van der Waals surface area (Å²) in [5.41, 5.74) is 1.15. The summed E-state index contributed by atoms with van der Waals surface area (Å²) in [4.78, 5) is 41.6. The Bertz CT molecular complexity index is 797. The molecule has 0 atom stereocenters. The number of hydrogen-bond donors (Lipinski definition) is 1. The zero-order valence-corrected chi connectivity index (χ0v) is 12.9. The topological polar surface area (TPSA) is 79.4 Å². The van der Waals surface area contributed by atoms with Crippen molar-refractivity contribution in [2.75, 3.05) is 12.4 Å². The number of carbonyl (C=O) groups excluding carboxylic acids is 3. The lowest BCUT2D eigenvalue weighted by molar-refractivity contribution is 0.0692. The number of aryl methyl sites for hydroxylation is 1. The molecular weight excluding hydrogens is 302 g/mol. The van der Waals surface area contributed by atoms with Gasteiger partial charge >= 0.3 is 0 Å². The van der Waals surface area contributed by atoms with Crippen LogP contribution in [-0.4, -0.2) is 34.7 Å². The number of anilines is 1. The van der Waals surface area contributed by atoms with Crippen molar-refractivity contribution >= 4 is 34.7 Å². The fourth-order valence-electron chi connectivity index (χ4n) is 2.21. The fourth-order valence-corrected chi connectivity index (χ4v) is 2.96. The summed E-state index contributed by atoms with van der Waals surface area (Å²) in [6, 6.07) is 4.69. The molecule has 2 heterocycles. The lowest BCUT2D eigenvalue weighted by atomic mass is 10.1. The quantitative estimate of drug-likeness (QED) is 0.881. The summed E-state index contributed by atoms with van der Waals surface area (Å²) < 4.78 is 0. The molecule has 3 rings (SSSR count).